The van der Waals surface area contributed by atoms with Gasteiger partial charge in [-0.25, -0.2) is 8.42 Å². The SMILES string of the molecule is Cc1ccc(C)c(S(=O)(=O)Nc2ccc(C(=O)NCCCN3C(=O)CCC3=O)cc2)c1. The number of sulfonamides is 1. The molecule has 1 aliphatic rings. The first-order chi connectivity index (χ1) is 14.7. The van der Waals surface area contributed by atoms with Gasteiger partial charge in [0.05, 0.1) is 4.90 Å². The first kappa shape index (κ1) is 22.5. The molecule has 0 bridgehead atoms. The Morgan fingerprint density at radius 1 is 1.00 bits per heavy atom. The molecule has 1 fully saturated rings. The third kappa shape index (κ3) is 5.49. The maximum atomic E-state index is 12.7. The lowest BCUT2D eigenvalue weighted by molar-refractivity contribution is -0.138. The number of amides is 3. The van der Waals surface area contributed by atoms with Crippen LogP contribution in [0.2, 0.25) is 0 Å². The number of likely N-dealkylation sites (tertiary alicyclic amines) is 1. The number of carbonyl (C=O) groups excluding carboxylic acids is 3. The van der Waals surface area contributed by atoms with Crippen LogP contribution in [0.5, 0.6) is 0 Å². The molecular weight excluding hydrogens is 418 g/mol. The largest absolute Gasteiger partial charge is 0.352 e. The zero-order valence-corrected chi connectivity index (χ0v) is 18.3. The van der Waals surface area contributed by atoms with Crippen molar-refractivity contribution in [3.8, 4) is 0 Å². The second-order valence-corrected chi connectivity index (χ2v) is 9.15. The van der Waals surface area contributed by atoms with Crippen LogP contribution in [0.15, 0.2) is 47.4 Å². The highest BCUT2D eigenvalue weighted by Gasteiger charge is 2.28. The number of hydrogen-bond donors (Lipinski definition) is 2. The molecule has 0 radical (unpaired) electrons. The average Bonchev–Trinajstić information content (AvgIpc) is 3.04. The van der Waals surface area contributed by atoms with Crippen LogP contribution in [0.1, 0.15) is 40.7 Å². The summed E-state index contributed by atoms with van der Waals surface area (Å²) in [6.07, 6.45) is 0.979. The molecule has 3 amide bonds. The van der Waals surface area contributed by atoms with Crippen molar-refractivity contribution in [3.63, 3.8) is 0 Å². The molecule has 1 aliphatic heterocycles. The maximum Gasteiger partial charge on any atom is 0.262 e. The van der Waals surface area contributed by atoms with Crippen molar-refractivity contribution in [1.29, 1.82) is 0 Å². The van der Waals surface area contributed by atoms with E-state index in [1.54, 1.807) is 19.1 Å². The van der Waals surface area contributed by atoms with Gasteiger partial charge in [0.2, 0.25) is 11.8 Å². The topological polar surface area (TPSA) is 113 Å². The third-order valence-electron chi connectivity index (χ3n) is 5.03. The Kier molecular flexibility index (Phi) is 6.74. The summed E-state index contributed by atoms with van der Waals surface area (Å²) >= 11 is 0. The van der Waals surface area contributed by atoms with Crippen LogP contribution in [-0.2, 0) is 19.6 Å². The molecule has 9 heteroatoms. The fraction of sp³-hybridized carbons (Fsp3) is 0.318. The highest BCUT2D eigenvalue weighted by molar-refractivity contribution is 7.92. The van der Waals surface area contributed by atoms with Crippen LogP contribution >= 0.6 is 0 Å². The molecule has 1 heterocycles. The zero-order valence-electron chi connectivity index (χ0n) is 17.5. The Bertz CT molecular complexity index is 1090. The summed E-state index contributed by atoms with van der Waals surface area (Å²) in [5.74, 6) is -0.659. The fourth-order valence-electron chi connectivity index (χ4n) is 3.31. The number of aryl methyl sites for hydroxylation is 2. The monoisotopic (exact) mass is 443 g/mol. The fourth-order valence-corrected chi connectivity index (χ4v) is 4.70. The minimum Gasteiger partial charge on any atom is -0.352 e. The van der Waals surface area contributed by atoms with Gasteiger partial charge in [-0.2, -0.15) is 0 Å². The lowest BCUT2D eigenvalue weighted by atomic mass is 10.2. The van der Waals surface area contributed by atoms with Gasteiger partial charge in [-0.05, 0) is 61.7 Å². The second-order valence-electron chi connectivity index (χ2n) is 7.50. The summed E-state index contributed by atoms with van der Waals surface area (Å²) in [6.45, 7) is 4.16. The quantitative estimate of drug-likeness (QED) is 0.480. The summed E-state index contributed by atoms with van der Waals surface area (Å²) in [7, 11) is -3.74. The first-order valence-electron chi connectivity index (χ1n) is 9.99. The van der Waals surface area contributed by atoms with Gasteiger partial charge in [0.1, 0.15) is 0 Å². The lowest BCUT2D eigenvalue weighted by Crippen LogP contribution is -2.33. The zero-order chi connectivity index (χ0) is 22.6. The molecule has 2 aromatic carbocycles. The molecule has 31 heavy (non-hydrogen) atoms. The number of rotatable bonds is 8. The van der Waals surface area contributed by atoms with Crippen LogP contribution in [0.4, 0.5) is 5.69 Å². The molecule has 1 saturated heterocycles. The van der Waals surface area contributed by atoms with E-state index in [1.165, 1.54) is 29.2 Å². The first-order valence-corrected chi connectivity index (χ1v) is 11.5. The van der Waals surface area contributed by atoms with Gasteiger partial charge in [-0.15, -0.1) is 0 Å². The van der Waals surface area contributed by atoms with Crippen LogP contribution < -0.4 is 10.0 Å². The molecule has 0 aliphatic carbocycles. The standard InChI is InChI=1S/C22H25N3O5S/c1-15-4-5-16(2)19(14-15)31(29,30)24-18-8-6-17(7-9-18)22(28)23-12-3-13-25-20(26)10-11-21(25)27/h4-9,14,24H,3,10-13H2,1-2H3,(H,23,28). The molecule has 164 valence electrons. The molecule has 2 aromatic rings. The van der Waals surface area contributed by atoms with Crippen molar-refractivity contribution in [2.45, 2.75) is 38.0 Å². The van der Waals surface area contributed by atoms with Crippen molar-refractivity contribution in [2.24, 2.45) is 0 Å². The Morgan fingerprint density at radius 2 is 1.65 bits per heavy atom. The number of carbonyl (C=O) groups is 3. The summed E-state index contributed by atoms with van der Waals surface area (Å²) < 4.78 is 27.9. The Labute approximate surface area is 181 Å². The highest BCUT2D eigenvalue weighted by atomic mass is 32.2. The minimum atomic E-state index is -3.74. The van der Waals surface area contributed by atoms with Crippen molar-refractivity contribution in [3.05, 3.63) is 59.2 Å². The maximum absolute atomic E-state index is 12.7. The molecule has 0 aromatic heterocycles. The molecule has 3 rings (SSSR count). The molecular formula is C22H25N3O5S. The normalized spacial score (nSPS) is 14.1. The number of anilines is 1. The van der Waals surface area contributed by atoms with E-state index in [4.69, 9.17) is 0 Å². The van der Waals surface area contributed by atoms with Crippen LogP contribution in [0, 0.1) is 13.8 Å². The van der Waals surface area contributed by atoms with E-state index < -0.39 is 10.0 Å². The van der Waals surface area contributed by atoms with E-state index in [1.807, 2.05) is 13.0 Å². The van der Waals surface area contributed by atoms with Gasteiger partial charge in [-0.1, -0.05) is 12.1 Å². The number of imide groups is 1. The van der Waals surface area contributed by atoms with Gasteiger partial charge in [-0.3, -0.25) is 24.0 Å². The van der Waals surface area contributed by atoms with Crippen LogP contribution in [-0.4, -0.2) is 44.1 Å². The Hall–Kier alpha value is -3.20. The summed E-state index contributed by atoms with van der Waals surface area (Å²) in [6, 6.07) is 11.3. The highest BCUT2D eigenvalue weighted by Crippen LogP contribution is 2.21. The predicted octanol–water partition coefficient (Wildman–Crippen LogP) is 2.37. The summed E-state index contributed by atoms with van der Waals surface area (Å²) in [5.41, 5.74) is 2.22. The van der Waals surface area contributed by atoms with E-state index in [0.717, 1.165) is 5.56 Å². The van der Waals surface area contributed by atoms with E-state index >= 15 is 0 Å². The molecule has 2 N–H and O–H groups in total. The number of benzene rings is 2. The lowest BCUT2D eigenvalue weighted by Gasteiger charge is -2.14. The molecule has 0 unspecified atom stereocenters. The van der Waals surface area contributed by atoms with Crippen molar-refractivity contribution in [1.82, 2.24) is 10.2 Å². The van der Waals surface area contributed by atoms with E-state index in [-0.39, 0.29) is 42.0 Å². The van der Waals surface area contributed by atoms with Crippen molar-refractivity contribution >= 4 is 33.4 Å². The minimum absolute atomic E-state index is 0.171. The van der Waals surface area contributed by atoms with Crippen LogP contribution in [0.25, 0.3) is 0 Å². The van der Waals surface area contributed by atoms with Gasteiger partial charge in [0.15, 0.2) is 0 Å². The van der Waals surface area contributed by atoms with Crippen molar-refractivity contribution in [2.75, 3.05) is 17.8 Å². The third-order valence-corrected chi connectivity index (χ3v) is 6.55. The summed E-state index contributed by atoms with van der Waals surface area (Å²) in [5, 5.41) is 2.73. The smallest absolute Gasteiger partial charge is 0.262 e. The van der Waals surface area contributed by atoms with Gasteiger partial charge in [0, 0.05) is 37.2 Å². The van der Waals surface area contributed by atoms with Crippen molar-refractivity contribution < 1.29 is 22.8 Å². The molecule has 8 nitrogen and oxygen atoms in total. The Balaban J connectivity index is 1.54. The van der Waals surface area contributed by atoms with E-state index in [2.05, 4.69) is 10.0 Å². The number of hydrogen-bond acceptors (Lipinski definition) is 5. The molecule has 0 spiro atoms. The number of nitrogens with zero attached hydrogens (tertiary/aromatic N) is 1. The Morgan fingerprint density at radius 3 is 2.29 bits per heavy atom. The summed E-state index contributed by atoms with van der Waals surface area (Å²) in [4.78, 5) is 36.8. The van der Waals surface area contributed by atoms with E-state index in [0.29, 0.717) is 29.8 Å². The molecule has 0 saturated carbocycles. The average molecular weight is 444 g/mol. The second kappa shape index (κ2) is 9.30. The van der Waals surface area contributed by atoms with Gasteiger partial charge < -0.3 is 5.32 Å². The predicted molar refractivity (Wildman–Crippen MR) is 116 cm³/mol. The number of nitrogens with one attached hydrogen (secondary N) is 2. The molecule has 0 atom stereocenters. The van der Waals surface area contributed by atoms with E-state index in [9.17, 15) is 22.8 Å². The van der Waals surface area contributed by atoms with Gasteiger partial charge >= 0.3 is 0 Å². The van der Waals surface area contributed by atoms with Gasteiger partial charge in [0.25, 0.3) is 15.9 Å². The van der Waals surface area contributed by atoms with Crippen LogP contribution in [0.3, 0.4) is 0 Å².